The Hall–Kier alpha value is -1.03. The molecule has 1 atom stereocenters. The zero-order valence-corrected chi connectivity index (χ0v) is 12.9. The van der Waals surface area contributed by atoms with Crippen molar-refractivity contribution >= 4 is 21.9 Å². The molecule has 0 bridgehead atoms. The van der Waals surface area contributed by atoms with E-state index in [9.17, 15) is 0 Å². The first-order valence-corrected chi connectivity index (χ1v) is 7.76. The molecule has 0 spiro atoms. The first-order chi connectivity index (χ1) is 9.11. The molecule has 1 aromatic rings. The van der Waals surface area contributed by atoms with Crippen LogP contribution < -0.4 is 5.73 Å². The Morgan fingerprint density at radius 3 is 2.53 bits per heavy atom. The molecule has 1 saturated carbocycles. The molecule has 1 unspecified atom stereocenters. The van der Waals surface area contributed by atoms with Gasteiger partial charge in [-0.15, -0.1) is 0 Å². The van der Waals surface area contributed by atoms with Crippen LogP contribution >= 0.6 is 15.9 Å². The molecule has 1 aliphatic carbocycles. The minimum atomic E-state index is -0.0835. The van der Waals surface area contributed by atoms with Crippen molar-refractivity contribution in [2.45, 2.75) is 44.2 Å². The molecule has 1 aliphatic heterocycles. The molecule has 1 fully saturated rings. The van der Waals surface area contributed by atoms with Crippen LogP contribution in [0.15, 0.2) is 33.7 Å². The average molecular weight is 322 g/mol. The van der Waals surface area contributed by atoms with Crippen molar-refractivity contribution < 1.29 is 0 Å². The average Bonchev–Trinajstić information content (AvgIpc) is 2.99. The predicted octanol–water partition coefficient (Wildman–Crippen LogP) is 3.24. The highest BCUT2D eigenvalue weighted by atomic mass is 79.9. The van der Waals surface area contributed by atoms with Crippen LogP contribution in [0.5, 0.6) is 0 Å². The maximum atomic E-state index is 6.17. The smallest absolute Gasteiger partial charge is 0.192 e. The van der Waals surface area contributed by atoms with Crippen LogP contribution in [0.1, 0.15) is 38.2 Å². The Labute approximate surface area is 123 Å². The standard InChI is InChI=1S/C15H20BrN3/c1-15(11-6-8-12(16)9-7-11)10-18-14(17)19(15)13-4-2-3-5-13/h6-9,13H,2-5,10H2,1H3,(H2,17,18). The Bertz CT molecular complexity index is 491. The Kier molecular flexibility index (Phi) is 3.29. The molecule has 1 heterocycles. The lowest BCUT2D eigenvalue weighted by molar-refractivity contribution is 0.167. The zero-order chi connectivity index (χ0) is 13.5. The third-order valence-electron chi connectivity index (χ3n) is 4.48. The summed E-state index contributed by atoms with van der Waals surface area (Å²) in [6.07, 6.45) is 5.10. The van der Waals surface area contributed by atoms with E-state index in [1.54, 1.807) is 0 Å². The van der Waals surface area contributed by atoms with E-state index in [0.29, 0.717) is 6.04 Å². The fraction of sp³-hybridized carbons (Fsp3) is 0.533. The molecular formula is C15H20BrN3. The van der Waals surface area contributed by atoms with Crippen LogP contribution in [0, 0.1) is 0 Å². The molecular weight excluding hydrogens is 302 g/mol. The fourth-order valence-electron chi connectivity index (χ4n) is 3.43. The van der Waals surface area contributed by atoms with Crippen LogP contribution in [0.25, 0.3) is 0 Å². The van der Waals surface area contributed by atoms with Crippen LogP contribution in [0.2, 0.25) is 0 Å². The predicted molar refractivity (Wildman–Crippen MR) is 82.1 cm³/mol. The summed E-state index contributed by atoms with van der Waals surface area (Å²) in [6, 6.07) is 9.12. The first kappa shape index (κ1) is 13.0. The van der Waals surface area contributed by atoms with E-state index in [2.05, 4.69) is 57.0 Å². The van der Waals surface area contributed by atoms with Gasteiger partial charge in [0, 0.05) is 10.5 Å². The minimum absolute atomic E-state index is 0.0835. The molecule has 0 amide bonds. The number of guanidine groups is 1. The van der Waals surface area contributed by atoms with E-state index in [1.807, 2.05) is 0 Å². The van der Waals surface area contributed by atoms with Crippen LogP contribution in [0.4, 0.5) is 0 Å². The van der Waals surface area contributed by atoms with Gasteiger partial charge in [0.2, 0.25) is 0 Å². The van der Waals surface area contributed by atoms with Gasteiger partial charge in [-0.2, -0.15) is 0 Å². The van der Waals surface area contributed by atoms with E-state index in [-0.39, 0.29) is 5.54 Å². The van der Waals surface area contributed by atoms with Gasteiger partial charge in [0.15, 0.2) is 5.96 Å². The molecule has 19 heavy (non-hydrogen) atoms. The second-order valence-electron chi connectivity index (χ2n) is 5.76. The molecule has 0 radical (unpaired) electrons. The first-order valence-electron chi connectivity index (χ1n) is 6.96. The summed E-state index contributed by atoms with van der Waals surface area (Å²) in [5, 5.41) is 0. The Morgan fingerprint density at radius 2 is 1.89 bits per heavy atom. The largest absolute Gasteiger partial charge is 0.370 e. The maximum Gasteiger partial charge on any atom is 0.192 e. The monoisotopic (exact) mass is 321 g/mol. The number of benzene rings is 1. The quantitative estimate of drug-likeness (QED) is 0.908. The maximum absolute atomic E-state index is 6.17. The molecule has 0 saturated heterocycles. The topological polar surface area (TPSA) is 41.6 Å². The third-order valence-corrected chi connectivity index (χ3v) is 5.01. The molecule has 3 nitrogen and oxygen atoms in total. The van der Waals surface area contributed by atoms with Gasteiger partial charge in [0.25, 0.3) is 0 Å². The number of hydrogen-bond acceptors (Lipinski definition) is 3. The van der Waals surface area contributed by atoms with E-state index in [0.717, 1.165) is 17.0 Å². The Morgan fingerprint density at radius 1 is 1.26 bits per heavy atom. The lowest BCUT2D eigenvalue weighted by atomic mass is 9.89. The normalized spacial score (nSPS) is 27.9. The van der Waals surface area contributed by atoms with Crippen molar-refractivity contribution in [1.82, 2.24) is 4.90 Å². The van der Waals surface area contributed by atoms with Crippen molar-refractivity contribution in [3.63, 3.8) is 0 Å². The van der Waals surface area contributed by atoms with Gasteiger partial charge in [-0.05, 0) is 37.5 Å². The second kappa shape index (κ2) is 4.82. The lowest BCUT2D eigenvalue weighted by Crippen LogP contribution is -2.52. The number of rotatable bonds is 2. The van der Waals surface area contributed by atoms with Gasteiger partial charge < -0.3 is 10.6 Å². The van der Waals surface area contributed by atoms with Gasteiger partial charge in [-0.1, -0.05) is 40.9 Å². The summed E-state index contributed by atoms with van der Waals surface area (Å²) in [5.41, 5.74) is 7.38. The molecule has 2 aliphatic rings. The second-order valence-corrected chi connectivity index (χ2v) is 6.68. The van der Waals surface area contributed by atoms with Crippen molar-refractivity contribution in [1.29, 1.82) is 0 Å². The number of halogens is 1. The van der Waals surface area contributed by atoms with Crippen LogP contribution in [-0.2, 0) is 5.54 Å². The zero-order valence-electron chi connectivity index (χ0n) is 11.3. The molecule has 4 heteroatoms. The summed E-state index contributed by atoms with van der Waals surface area (Å²) in [5.74, 6) is 0.720. The highest BCUT2D eigenvalue weighted by Crippen LogP contribution is 2.38. The van der Waals surface area contributed by atoms with Crippen LogP contribution in [0.3, 0.4) is 0 Å². The SMILES string of the molecule is CC1(c2ccc(Br)cc2)CN=C(N)N1C1CCCC1. The lowest BCUT2D eigenvalue weighted by Gasteiger charge is -2.41. The Balaban J connectivity index is 1.95. The summed E-state index contributed by atoms with van der Waals surface area (Å²) < 4.78 is 1.11. The fourth-order valence-corrected chi connectivity index (χ4v) is 3.70. The van der Waals surface area contributed by atoms with E-state index >= 15 is 0 Å². The number of nitrogens with zero attached hydrogens (tertiary/aromatic N) is 2. The van der Waals surface area contributed by atoms with Crippen molar-refractivity contribution in [2.24, 2.45) is 10.7 Å². The number of hydrogen-bond donors (Lipinski definition) is 1. The van der Waals surface area contributed by atoms with E-state index in [4.69, 9.17) is 5.73 Å². The molecule has 2 N–H and O–H groups in total. The van der Waals surface area contributed by atoms with Crippen LogP contribution in [-0.4, -0.2) is 23.4 Å². The number of nitrogens with two attached hydrogens (primary N) is 1. The summed E-state index contributed by atoms with van der Waals surface area (Å²) in [7, 11) is 0. The minimum Gasteiger partial charge on any atom is -0.370 e. The van der Waals surface area contributed by atoms with E-state index in [1.165, 1.54) is 31.2 Å². The highest BCUT2D eigenvalue weighted by molar-refractivity contribution is 9.10. The molecule has 102 valence electrons. The summed E-state index contributed by atoms with van der Waals surface area (Å²) in [4.78, 5) is 6.89. The van der Waals surface area contributed by atoms with E-state index < -0.39 is 0 Å². The summed E-state index contributed by atoms with van der Waals surface area (Å²) in [6.45, 7) is 3.02. The van der Waals surface area contributed by atoms with Crippen molar-refractivity contribution in [2.75, 3.05) is 6.54 Å². The number of aliphatic imine (C=N–C) groups is 1. The van der Waals surface area contributed by atoms with Gasteiger partial charge >= 0.3 is 0 Å². The molecule has 1 aromatic carbocycles. The third kappa shape index (κ3) is 2.16. The van der Waals surface area contributed by atoms with Crippen molar-refractivity contribution in [3.8, 4) is 0 Å². The molecule has 3 rings (SSSR count). The van der Waals surface area contributed by atoms with Gasteiger partial charge in [-0.3, -0.25) is 4.99 Å². The van der Waals surface area contributed by atoms with Gasteiger partial charge in [0.05, 0.1) is 12.1 Å². The van der Waals surface area contributed by atoms with Gasteiger partial charge in [-0.25, -0.2) is 0 Å². The van der Waals surface area contributed by atoms with Crippen molar-refractivity contribution in [3.05, 3.63) is 34.3 Å². The van der Waals surface area contributed by atoms with Gasteiger partial charge in [0.1, 0.15) is 0 Å². The highest BCUT2D eigenvalue weighted by Gasteiger charge is 2.43. The molecule has 0 aromatic heterocycles. The summed E-state index contributed by atoms with van der Waals surface area (Å²) >= 11 is 3.50.